The average molecular weight is 1040 g/mol. The molecule has 0 saturated carbocycles. The summed E-state index contributed by atoms with van der Waals surface area (Å²) in [6, 6.07) is -0.630. The topological polar surface area (TPSA) is 95.9 Å². The van der Waals surface area contributed by atoms with E-state index in [4.69, 9.17) is 4.74 Å². The summed E-state index contributed by atoms with van der Waals surface area (Å²) in [6.07, 6.45) is 78.4. The number of amides is 1. The molecule has 0 saturated heterocycles. The Morgan fingerprint density at radius 3 is 0.919 bits per heavy atom. The monoisotopic (exact) mass is 1040 g/mol. The van der Waals surface area contributed by atoms with Crippen LogP contribution in [0, 0.1) is 0 Å². The standard InChI is InChI=1S/C68H133NO5/c1-3-5-7-9-11-13-15-17-18-19-20-21-22-23-24-25-28-31-34-37-40-44-48-52-56-60-66(71)65(64-70)69-67(72)61-57-53-49-45-41-38-35-32-29-26-27-30-33-36-39-43-47-51-55-59-63-74-68(73)62-58-54-50-46-42-16-14-12-10-8-6-4-2/h56,60,65-66,70-71H,3-55,57-59,61-64H2,1-2H3,(H,69,72)/b60-56+. The molecule has 0 bridgehead atoms. The molecule has 2 atom stereocenters. The molecule has 74 heavy (non-hydrogen) atoms. The molecule has 0 spiro atoms. The molecule has 0 radical (unpaired) electrons. The van der Waals surface area contributed by atoms with Crippen LogP contribution in [0.15, 0.2) is 12.2 Å². The molecule has 1 amide bonds. The van der Waals surface area contributed by atoms with Gasteiger partial charge in [0.1, 0.15) is 0 Å². The number of esters is 1. The van der Waals surface area contributed by atoms with Crippen LogP contribution in [-0.4, -0.2) is 47.4 Å². The average Bonchev–Trinajstić information content (AvgIpc) is 3.40. The SMILES string of the molecule is CCCCCCCCCCCCCCCCCCCCCCCCC/C=C/C(O)C(CO)NC(=O)CCCCCCCCCCCCCCCCCCCCCCOC(=O)CCCCCCCCCCCCCC. The van der Waals surface area contributed by atoms with Gasteiger partial charge in [-0.2, -0.15) is 0 Å². The molecule has 0 aliphatic carbocycles. The molecule has 0 aromatic heterocycles. The van der Waals surface area contributed by atoms with Crippen molar-refractivity contribution in [3.8, 4) is 0 Å². The number of hydrogen-bond acceptors (Lipinski definition) is 5. The minimum absolute atomic E-state index is 0.0117. The van der Waals surface area contributed by atoms with E-state index in [0.29, 0.717) is 19.4 Å². The zero-order valence-corrected chi connectivity index (χ0v) is 50.4. The maximum atomic E-state index is 12.5. The largest absolute Gasteiger partial charge is 0.466 e. The van der Waals surface area contributed by atoms with Gasteiger partial charge in [-0.3, -0.25) is 9.59 Å². The number of unbranched alkanes of at least 4 members (excludes halogenated alkanes) is 53. The molecule has 440 valence electrons. The van der Waals surface area contributed by atoms with Gasteiger partial charge in [-0.25, -0.2) is 0 Å². The van der Waals surface area contributed by atoms with E-state index in [1.807, 2.05) is 6.08 Å². The quantitative estimate of drug-likeness (QED) is 0.0320. The predicted molar refractivity (Wildman–Crippen MR) is 324 cm³/mol. The minimum Gasteiger partial charge on any atom is -0.466 e. The first-order chi connectivity index (χ1) is 36.5. The first-order valence-corrected chi connectivity index (χ1v) is 34.0. The van der Waals surface area contributed by atoms with E-state index in [-0.39, 0.29) is 18.5 Å². The molecule has 0 aliphatic heterocycles. The predicted octanol–water partition coefficient (Wildman–Crippen LogP) is 21.6. The summed E-state index contributed by atoms with van der Waals surface area (Å²) < 4.78 is 5.48. The van der Waals surface area contributed by atoms with Gasteiger partial charge < -0.3 is 20.3 Å². The Morgan fingerprint density at radius 1 is 0.365 bits per heavy atom. The summed E-state index contributed by atoms with van der Waals surface area (Å²) in [6.45, 7) is 4.94. The van der Waals surface area contributed by atoms with E-state index in [0.717, 1.165) is 38.5 Å². The fraction of sp³-hybridized carbons (Fsp3) is 0.941. The van der Waals surface area contributed by atoms with Gasteiger partial charge in [-0.1, -0.05) is 353 Å². The van der Waals surface area contributed by atoms with Crippen molar-refractivity contribution in [1.29, 1.82) is 0 Å². The number of ether oxygens (including phenoxy) is 1. The Hall–Kier alpha value is -1.40. The van der Waals surface area contributed by atoms with Crippen LogP contribution in [0.4, 0.5) is 0 Å². The Labute approximate surface area is 463 Å². The Bertz CT molecular complexity index is 1110. The third kappa shape index (κ3) is 59.8. The second-order valence-corrected chi connectivity index (χ2v) is 23.5. The van der Waals surface area contributed by atoms with Crippen molar-refractivity contribution in [2.24, 2.45) is 0 Å². The number of aliphatic hydroxyl groups excluding tert-OH is 2. The number of aliphatic hydroxyl groups is 2. The van der Waals surface area contributed by atoms with Crippen LogP contribution in [0.25, 0.3) is 0 Å². The van der Waals surface area contributed by atoms with E-state index < -0.39 is 12.1 Å². The van der Waals surface area contributed by atoms with Crippen molar-refractivity contribution in [3.05, 3.63) is 12.2 Å². The van der Waals surface area contributed by atoms with Gasteiger partial charge in [0.15, 0.2) is 0 Å². The van der Waals surface area contributed by atoms with E-state index in [1.54, 1.807) is 6.08 Å². The summed E-state index contributed by atoms with van der Waals surface area (Å²) in [5.74, 6) is -0.0531. The van der Waals surface area contributed by atoms with E-state index in [2.05, 4.69) is 19.2 Å². The molecule has 0 aromatic carbocycles. The summed E-state index contributed by atoms with van der Waals surface area (Å²) in [7, 11) is 0. The number of carbonyl (C=O) groups excluding carboxylic acids is 2. The second kappa shape index (κ2) is 64.1. The van der Waals surface area contributed by atoms with Crippen LogP contribution in [-0.2, 0) is 14.3 Å². The van der Waals surface area contributed by atoms with Gasteiger partial charge in [-0.05, 0) is 32.1 Å². The van der Waals surface area contributed by atoms with Crippen molar-refractivity contribution in [1.82, 2.24) is 5.32 Å². The first-order valence-electron chi connectivity index (χ1n) is 34.0. The maximum absolute atomic E-state index is 12.5. The smallest absolute Gasteiger partial charge is 0.305 e. The first kappa shape index (κ1) is 72.6. The highest BCUT2D eigenvalue weighted by molar-refractivity contribution is 5.76. The van der Waals surface area contributed by atoms with Crippen molar-refractivity contribution < 1.29 is 24.5 Å². The number of nitrogens with one attached hydrogen (secondary N) is 1. The van der Waals surface area contributed by atoms with Crippen molar-refractivity contribution in [2.45, 2.75) is 398 Å². The Kier molecular flexibility index (Phi) is 62.9. The van der Waals surface area contributed by atoms with Crippen LogP contribution in [0.3, 0.4) is 0 Å². The molecule has 2 unspecified atom stereocenters. The van der Waals surface area contributed by atoms with Crippen LogP contribution in [0.2, 0.25) is 0 Å². The summed E-state index contributed by atoms with van der Waals surface area (Å²) in [5, 5.41) is 23.3. The van der Waals surface area contributed by atoms with Crippen molar-refractivity contribution in [2.75, 3.05) is 13.2 Å². The zero-order valence-electron chi connectivity index (χ0n) is 50.4. The lowest BCUT2D eigenvalue weighted by Gasteiger charge is -2.20. The highest BCUT2D eigenvalue weighted by Crippen LogP contribution is 2.19. The van der Waals surface area contributed by atoms with Gasteiger partial charge in [0, 0.05) is 12.8 Å². The summed E-state index contributed by atoms with van der Waals surface area (Å²) in [4.78, 5) is 24.6. The van der Waals surface area contributed by atoms with E-state index >= 15 is 0 Å². The Morgan fingerprint density at radius 2 is 0.622 bits per heavy atom. The molecule has 6 nitrogen and oxygen atoms in total. The fourth-order valence-corrected chi connectivity index (χ4v) is 10.9. The normalized spacial score (nSPS) is 12.5. The minimum atomic E-state index is -0.846. The molecular formula is C68H133NO5. The molecule has 3 N–H and O–H groups in total. The van der Waals surface area contributed by atoms with Crippen LogP contribution >= 0.6 is 0 Å². The maximum Gasteiger partial charge on any atom is 0.305 e. The lowest BCUT2D eigenvalue weighted by atomic mass is 10.0. The third-order valence-electron chi connectivity index (χ3n) is 16.1. The molecule has 0 fully saturated rings. The van der Waals surface area contributed by atoms with Gasteiger partial charge in [0.2, 0.25) is 5.91 Å². The van der Waals surface area contributed by atoms with Gasteiger partial charge >= 0.3 is 5.97 Å². The summed E-state index contributed by atoms with van der Waals surface area (Å²) in [5.41, 5.74) is 0. The Balaban J connectivity index is 3.42. The molecule has 0 rings (SSSR count). The van der Waals surface area contributed by atoms with Gasteiger partial charge in [0.25, 0.3) is 0 Å². The molecule has 0 heterocycles. The summed E-state index contributed by atoms with van der Waals surface area (Å²) >= 11 is 0. The lowest BCUT2D eigenvalue weighted by molar-refractivity contribution is -0.143. The molecule has 6 heteroatoms. The van der Waals surface area contributed by atoms with Crippen LogP contribution in [0.5, 0.6) is 0 Å². The van der Waals surface area contributed by atoms with E-state index in [1.165, 1.54) is 321 Å². The molecular weight excluding hydrogens is 911 g/mol. The third-order valence-corrected chi connectivity index (χ3v) is 16.1. The van der Waals surface area contributed by atoms with Crippen molar-refractivity contribution in [3.63, 3.8) is 0 Å². The van der Waals surface area contributed by atoms with Crippen LogP contribution < -0.4 is 5.32 Å². The van der Waals surface area contributed by atoms with E-state index in [9.17, 15) is 19.8 Å². The van der Waals surface area contributed by atoms with Gasteiger partial charge in [0.05, 0.1) is 25.4 Å². The number of rotatable bonds is 64. The molecule has 0 aliphatic rings. The fourth-order valence-electron chi connectivity index (χ4n) is 10.9. The van der Waals surface area contributed by atoms with Gasteiger partial charge in [-0.15, -0.1) is 0 Å². The second-order valence-electron chi connectivity index (χ2n) is 23.5. The highest BCUT2D eigenvalue weighted by atomic mass is 16.5. The van der Waals surface area contributed by atoms with Crippen molar-refractivity contribution >= 4 is 11.9 Å². The lowest BCUT2D eigenvalue weighted by Crippen LogP contribution is -2.45. The number of carbonyl (C=O) groups is 2. The molecule has 0 aromatic rings. The zero-order chi connectivity index (χ0) is 53.6. The van der Waals surface area contributed by atoms with Crippen LogP contribution in [0.1, 0.15) is 386 Å². The number of hydrogen-bond donors (Lipinski definition) is 3. The highest BCUT2D eigenvalue weighted by Gasteiger charge is 2.18. The number of allylic oxidation sites excluding steroid dienone is 1.